The molecule has 1 N–H and O–H groups in total. The van der Waals surface area contributed by atoms with Gasteiger partial charge in [0.15, 0.2) is 11.6 Å². The number of cyclic esters (lactones) is 1. The van der Waals surface area contributed by atoms with E-state index < -0.39 is 41.1 Å². The molecule has 0 bridgehead atoms. The van der Waals surface area contributed by atoms with E-state index in [4.69, 9.17) is 4.74 Å². The fourth-order valence-electron chi connectivity index (χ4n) is 2.87. The third-order valence-corrected chi connectivity index (χ3v) is 4.24. The van der Waals surface area contributed by atoms with Crippen molar-refractivity contribution < 1.29 is 31.5 Å². The van der Waals surface area contributed by atoms with Crippen LogP contribution in [0.4, 0.5) is 38.5 Å². The molecule has 11 heteroatoms. The Kier molecular flexibility index (Phi) is 5.10. The first-order chi connectivity index (χ1) is 13.4. The van der Waals surface area contributed by atoms with Gasteiger partial charge in [-0.05, 0) is 32.9 Å². The van der Waals surface area contributed by atoms with Crippen molar-refractivity contribution >= 4 is 17.9 Å². The van der Waals surface area contributed by atoms with Gasteiger partial charge in [-0.3, -0.25) is 4.90 Å². The van der Waals surface area contributed by atoms with Crippen molar-refractivity contribution in [3.05, 3.63) is 47.2 Å². The Bertz CT molecular complexity index is 948. The fraction of sp³-hybridized carbons (Fsp3) is 0.389. The van der Waals surface area contributed by atoms with Crippen LogP contribution < -0.4 is 10.2 Å². The van der Waals surface area contributed by atoms with Crippen LogP contribution in [0.3, 0.4) is 0 Å². The monoisotopic (exact) mass is 416 g/mol. The lowest BCUT2D eigenvalue weighted by Crippen LogP contribution is -2.30. The first kappa shape index (κ1) is 20.7. The van der Waals surface area contributed by atoms with Crippen molar-refractivity contribution in [3.63, 3.8) is 0 Å². The summed E-state index contributed by atoms with van der Waals surface area (Å²) in [5.74, 6) is -2.38. The largest absolute Gasteiger partial charge is 0.441 e. The zero-order valence-corrected chi connectivity index (χ0v) is 15.6. The summed E-state index contributed by atoms with van der Waals surface area (Å²) in [6.07, 6.45) is -4.61. The van der Waals surface area contributed by atoms with Crippen LogP contribution in [0, 0.1) is 11.6 Å². The number of alkyl halides is 3. The zero-order chi connectivity index (χ0) is 21.6. The number of anilines is 2. The van der Waals surface area contributed by atoms with E-state index in [2.05, 4.69) is 15.3 Å². The van der Waals surface area contributed by atoms with E-state index in [1.54, 1.807) is 13.8 Å². The van der Waals surface area contributed by atoms with Gasteiger partial charge >= 0.3 is 12.3 Å². The van der Waals surface area contributed by atoms with Crippen molar-refractivity contribution in [2.45, 2.75) is 38.6 Å². The Balaban J connectivity index is 1.83. The topological polar surface area (TPSA) is 67.3 Å². The molecule has 2 heterocycles. The summed E-state index contributed by atoms with van der Waals surface area (Å²) in [7, 11) is 0. The molecule has 0 saturated carbocycles. The number of benzene rings is 1. The number of carbonyl (C=O) groups is 1. The van der Waals surface area contributed by atoms with Gasteiger partial charge in [0.05, 0.1) is 24.3 Å². The van der Waals surface area contributed by atoms with Crippen LogP contribution >= 0.6 is 0 Å². The lowest BCUT2D eigenvalue weighted by molar-refractivity contribution is -0.137. The first-order valence-corrected chi connectivity index (χ1v) is 8.53. The number of aromatic nitrogens is 2. The van der Waals surface area contributed by atoms with Gasteiger partial charge in [0, 0.05) is 5.56 Å². The van der Waals surface area contributed by atoms with Gasteiger partial charge in [0.25, 0.3) is 0 Å². The molecule has 0 radical (unpaired) electrons. The zero-order valence-electron chi connectivity index (χ0n) is 15.6. The summed E-state index contributed by atoms with van der Waals surface area (Å²) < 4.78 is 71.5. The van der Waals surface area contributed by atoms with Crippen LogP contribution in [0.2, 0.25) is 0 Å². The van der Waals surface area contributed by atoms with Gasteiger partial charge < -0.3 is 10.1 Å². The van der Waals surface area contributed by atoms with E-state index in [9.17, 15) is 26.7 Å². The molecule has 1 atom stereocenters. The van der Waals surface area contributed by atoms with Crippen molar-refractivity contribution in [2.75, 3.05) is 16.8 Å². The first-order valence-electron chi connectivity index (χ1n) is 8.53. The van der Waals surface area contributed by atoms with Crippen molar-refractivity contribution in [3.8, 4) is 0 Å². The van der Waals surface area contributed by atoms with Crippen LogP contribution in [-0.2, 0) is 10.9 Å². The van der Waals surface area contributed by atoms with E-state index in [0.717, 1.165) is 23.2 Å². The van der Waals surface area contributed by atoms with Gasteiger partial charge in [-0.2, -0.15) is 18.2 Å². The number of hydrogen-bond donors (Lipinski definition) is 1. The fourth-order valence-corrected chi connectivity index (χ4v) is 2.87. The molecule has 0 aliphatic carbocycles. The molecule has 1 unspecified atom stereocenters. The highest BCUT2D eigenvalue weighted by Crippen LogP contribution is 2.32. The van der Waals surface area contributed by atoms with E-state index in [0.29, 0.717) is 6.07 Å². The number of amides is 1. The van der Waals surface area contributed by atoms with Crippen LogP contribution in [-0.4, -0.2) is 28.2 Å². The molecule has 1 aromatic heterocycles. The minimum Gasteiger partial charge on any atom is -0.441 e. The Hall–Kier alpha value is -2.98. The predicted octanol–water partition coefficient (Wildman–Crippen LogP) is 4.68. The second-order valence-corrected chi connectivity index (χ2v) is 7.18. The second kappa shape index (κ2) is 7.12. The molecule has 1 aliphatic rings. The predicted molar refractivity (Wildman–Crippen MR) is 93.3 cm³/mol. The summed E-state index contributed by atoms with van der Waals surface area (Å²) in [6, 6.07) is 1.32. The Morgan fingerprint density at radius 3 is 2.48 bits per heavy atom. The van der Waals surface area contributed by atoms with Gasteiger partial charge in [-0.1, -0.05) is 6.07 Å². The number of nitrogens with one attached hydrogen (secondary N) is 1. The van der Waals surface area contributed by atoms with Crippen LogP contribution in [0.5, 0.6) is 0 Å². The highest BCUT2D eigenvalue weighted by molar-refractivity contribution is 5.89. The minimum atomic E-state index is -4.66. The van der Waals surface area contributed by atoms with Crippen LogP contribution in [0.15, 0.2) is 24.4 Å². The van der Waals surface area contributed by atoms with E-state index in [-0.39, 0.29) is 23.9 Å². The van der Waals surface area contributed by atoms with Crippen molar-refractivity contribution in [1.82, 2.24) is 9.97 Å². The third-order valence-electron chi connectivity index (χ3n) is 4.24. The summed E-state index contributed by atoms with van der Waals surface area (Å²) in [4.78, 5) is 20.7. The van der Waals surface area contributed by atoms with E-state index in [1.165, 1.54) is 6.92 Å². The molecule has 1 aromatic carbocycles. The molecule has 1 fully saturated rings. The standard InChI is InChI=1S/C18H17F5N4O2/c1-9(11-5-4-10(6-12(11)19)18(21,22)23)25-15-24-7-13(20)14(26-15)27-8-17(2,3)29-16(27)28/h4-7,9H,8H2,1-3H3,(H,24,25,26). The Labute approximate surface area is 162 Å². The molecule has 0 spiro atoms. The highest BCUT2D eigenvalue weighted by atomic mass is 19.4. The summed E-state index contributed by atoms with van der Waals surface area (Å²) >= 11 is 0. The molecule has 1 aliphatic heterocycles. The number of halogens is 5. The minimum absolute atomic E-state index is 0.0578. The van der Waals surface area contributed by atoms with E-state index >= 15 is 0 Å². The molecule has 1 amide bonds. The highest BCUT2D eigenvalue weighted by Gasteiger charge is 2.40. The third kappa shape index (κ3) is 4.38. The lowest BCUT2D eigenvalue weighted by Gasteiger charge is -2.18. The SMILES string of the molecule is CC(Nc1ncc(F)c(N2CC(C)(C)OC2=O)n1)c1ccc(C(F)(F)F)cc1F. The van der Waals surface area contributed by atoms with Gasteiger partial charge in [0.2, 0.25) is 5.95 Å². The quantitative estimate of drug-likeness (QED) is 0.733. The number of ether oxygens (including phenoxy) is 1. The summed E-state index contributed by atoms with van der Waals surface area (Å²) in [5, 5.41) is 2.69. The van der Waals surface area contributed by atoms with Crippen molar-refractivity contribution in [2.24, 2.45) is 0 Å². The van der Waals surface area contributed by atoms with Gasteiger partial charge in [-0.15, -0.1) is 0 Å². The number of rotatable bonds is 4. The molecule has 156 valence electrons. The normalized spacial score (nSPS) is 17.2. The average molecular weight is 416 g/mol. The Morgan fingerprint density at radius 1 is 1.24 bits per heavy atom. The molecule has 6 nitrogen and oxygen atoms in total. The second-order valence-electron chi connectivity index (χ2n) is 7.18. The lowest BCUT2D eigenvalue weighted by atomic mass is 10.0. The van der Waals surface area contributed by atoms with Crippen molar-refractivity contribution in [1.29, 1.82) is 0 Å². The molecular formula is C18H17F5N4O2. The van der Waals surface area contributed by atoms with Crippen LogP contribution in [0.25, 0.3) is 0 Å². The summed E-state index contributed by atoms with van der Waals surface area (Å²) in [6.45, 7) is 4.84. The van der Waals surface area contributed by atoms with Gasteiger partial charge in [-0.25, -0.2) is 18.6 Å². The summed E-state index contributed by atoms with van der Waals surface area (Å²) in [5.41, 5.74) is -2.01. The number of nitrogens with zero attached hydrogens (tertiary/aromatic N) is 3. The maximum absolute atomic E-state index is 14.2. The van der Waals surface area contributed by atoms with E-state index in [1.807, 2.05) is 0 Å². The molecule has 2 aromatic rings. The molecule has 1 saturated heterocycles. The maximum atomic E-state index is 14.2. The number of carbonyl (C=O) groups excluding carboxylic acids is 1. The van der Waals surface area contributed by atoms with Crippen LogP contribution in [0.1, 0.15) is 37.9 Å². The molecule has 3 rings (SSSR count). The van der Waals surface area contributed by atoms with Gasteiger partial charge in [0.1, 0.15) is 11.4 Å². The average Bonchev–Trinajstić information content (AvgIpc) is 2.88. The molecule has 29 heavy (non-hydrogen) atoms. The Morgan fingerprint density at radius 2 is 1.93 bits per heavy atom. The molecular weight excluding hydrogens is 399 g/mol. The number of hydrogen-bond acceptors (Lipinski definition) is 5. The smallest absolute Gasteiger partial charge is 0.416 e. The maximum Gasteiger partial charge on any atom is 0.416 e.